The fourth-order valence-corrected chi connectivity index (χ4v) is 9.60. The van der Waals surface area contributed by atoms with Gasteiger partial charge in [-0.05, 0) is 84.0 Å². The van der Waals surface area contributed by atoms with E-state index in [4.69, 9.17) is 5.10 Å². The van der Waals surface area contributed by atoms with Crippen molar-refractivity contribution in [2.45, 2.75) is 23.6 Å². The molecule has 0 spiro atoms. The van der Waals surface area contributed by atoms with Gasteiger partial charge in [-0.1, -0.05) is 77.9 Å². The summed E-state index contributed by atoms with van der Waals surface area (Å²) in [5.41, 5.74) is 2.99. The van der Waals surface area contributed by atoms with Gasteiger partial charge < -0.3 is 0 Å². The van der Waals surface area contributed by atoms with Gasteiger partial charge in [-0.25, -0.2) is 16.8 Å². The van der Waals surface area contributed by atoms with E-state index in [1.54, 1.807) is 54.7 Å². The van der Waals surface area contributed by atoms with E-state index in [9.17, 15) is 16.8 Å². The zero-order valence-corrected chi connectivity index (χ0v) is 29.3. The molecule has 2 saturated heterocycles. The Morgan fingerprint density at radius 1 is 0.717 bits per heavy atom. The Morgan fingerprint density at radius 3 is 1.78 bits per heavy atom. The third-order valence-electron chi connectivity index (χ3n) is 8.28. The van der Waals surface area contributed by atoms with Crippen molar-refractivity contribution in [3.8, 4) is 0 Å². The number of hydrogen-bond donors (Lipinski definition) is 0. The van der Waals surface area contributed by atoms with Crippen LogP contribution in [0.15, 0.2) is 123 Å². The Balaban J connectivity index is 1.48. The number of sulfonamides is 2. The molecular formula is C34H34IN5O4S2. The monoisotopic (exact) mass is 767 g/mol. The van der Waals surface area contributed by atoms with Crippen LogP contribution in [0.1, 0.15) is 22.3 Å². The van der Waals surface area contributed by atoms with E-state index in [1.807, 2.05) is 73.3 Å². The lowest BCUT2D eigenvalue weighted by Gasteiger charge is -2.53. The van der Waals surface area contributed by atoms with E-state index < -0.39 is 25.5 Å². The molecular weight excluding hydrogens is 733 g/mol. The molecule has 9 nitrogen and oxygen atoms in total. The van der Waals surface area contributed by atoms with Crippen LogP contribution < -0.4 is 0 Å². The summed E-state index contributed by atoms with van der Waals surface area (Å²) < 4.78 is 60.3. The van der Waals surface area contributed by atoms with Crippen molar-refractivity contribution in [2.24, 2.45) is 15.6 Å². The van der Waals surface area contributed by atoms with Crippen LogP contribution in [0, 0.1) is 22.8 Å². The van der Waals surface area contributed by atoms with Crippen molar-refractivity contribution in [2.75, 3.05) is 33.0 Å². The van der Waals surface area contributed by atoms with Gasteiger partial charge in [0.2, 0.25) is 20.0 Å². The summed E-state index contributed by atoms with van der Waals surface area (Å²) in [6, 6.07) is 30.9. The predicted octanol–water partition coefficient (Wildman–Crippen LogP) is 5.34. The lowest BCUT2D eigenvalue weighted by atomic mass is 9.76. The average Bonchev–Trinajstić information content (AvgIpc) is 3.03. The standard InChI is InChI=1S/C34H34IN5O4S2/c1-26-11-15-31(16-12-26)45(41,42)39-22-34(21-38(24-39)25-40(23-34)46(43,44)32-17-13-27(2)14-18-32)33(29-8-4-3-5-9-29)37-36-20-28-7-6-10-30(35)19-28/h3-20H,21-25H2,1-2H3/b36-20+,37-33-. The minimum absolute atomic E-state index is 0.0200. The van der Waals surface area contributed by atoms with Crippen LogP contribution in [-0.2, 0) is 20.0 Å². The maximum Gasteiger partial charge on any atom is 0.244 e. The first kappa shape index (κ1) is 32.7. The largest absolute Gasteiger partial charge is 0.274 e. The van der Waals surface area contributed by atoms with E-state index in [-0.39, 0.29) is 36.2 Å². The molecule has 0 N–H and O–H groups in total. The van der Waals surface area contributed by atoms with Crippen LogP contribution >= 0.6 is 22.6 Å². The molecule has 2 bridgehead atoms. The molecule has 2 fully saturated rings. The lowest BCUT2D eigenvalue weighted by molar-refractivity contribution is -0.00594. The van der Waals surface area contributed by atoms with Gasteiger partial charge in [-0.2, -0.15) is 18.8 Å². The first-order valence-corrected chi connectivity index (χ1v) is 18.7. The topological polar surface area (TPSA) is 103 Å². The summed E-state index contributed by atoms with van der Waals surface area (Å²) in [6.07, 6.45) is 1.66. The van der Waals surface area contributed by atoms with Gasteiger partial charge in [0.1, 0.15) is 0 Å². The average molecular weight is 768 g/mol. The molecule has 2 heterocycles. The SMILES string of the molecule is Cc1ccc(S(=O)(=O)N2CN3CN(S(=O)(=O)c4ccc(C)cc4)CC(/C(=N\N=C\c4cccc(I)c4)c4ccccc4)(C3)C2)cc1. The van der Waals surface area contributed by atoms with Gasteiger partial charge >= 0.3 is 0 Å². The molecule has 0 amide bonds. The highest BCUT2D eigenvalue weighted by Crippen LogP contribution is 2.39. The maximum atomic E-state index is 14.1. The number of rotatable bonds is 8. The molecule has 0 aliphatic carbocycles. The Morgan fingerprint density at radius 2 is 1.26 bits per heavy atom. The Bertz CT molecular complexity index is 1910. The molecule has 0 radical (unpaired) electrons. The number of fused-ring (bicyclic) bond motifs is 2. The maximum absolute atomic E-state index is 14.1. The smallest absolute Gasteiger partial charge is 0.244 e. The van der Waals surface area contributed by atoms with E-state index >= 15 is 0 Å². The van der Waals surface area contributed by atoms with Crippen molar-refractivity contribution >= 4 is 54.6 Å². The molecule has 4 aromatic rings. The second kappa shape index (κ2) is 13.1. The van der Waals surface area contributed by atoms with E-state index in [0.29, 0.717) is 12.3 Å². The minimum atomic E-state index is -3.92. The van der Waals surface area contributed by atoms with Crippen LogP contribution in [0.2, 0.25) is 0 Å². The summed E-state index contributed by atoms with van der Waals surface area (Å²) >= 11 is 2.24. The Labute approximate surface area is 284 Å². The van der Waals surface area contributed by atoms with E-state index in [1.165, 1.54) is 8.61 Å². The van der Waals surface area contributed by atoms with Gasteiger partial charge in [0.05, 0.1) is 40.5 Å². The van der Waals surface area contributed by atoms with Crippen molar-refractivity contribution in [3.05, 3.63) is 129 Å². The molecule has 6 rings (SSSR count). The number of hydrogen-bond acceptors (Lipinski definition) is 7. The molecule has 238 valence electrons. The van der Waals surface area contributed by atoms with Crippen LogP contribution in [-0.4, -0.2) is 75.2 Å². The zero-order valence-electron chi connectivity index (χ0n) is 25.5. The molecule has 0 saturated carbocycles. The fraction of sp³-hybridized carbons (Fsp3) is 0.235. The van der Waals surface area contributed by atoms with Crippen molar-refractivity contribution in [1.29, 1.82) is 0 Å². The molecule has 0 atom stereocenters. The van der Waals surface area contributed by atoms with Crippen molar-refractivity contribution in [1.82, 2.24) is 13.5 Å². The molecule has 2 aliphatic rings. The van der Waals surface area contributed by atoms with E-state index in [2.05, 4.69) is 27.7 Å². The highest BCUT2D eigenvalue weighted by atomic mass is 127. The molecule has 12 heteroatoms. The molecule has 2 aliphatic heterocycles. The zero-order chi connectivity index (χ0) is 32.5. The van der Waals surface area contributed by atoms with Crippen LogP contribution in [0.5, 0.6) is 0 Å². The van der Waals surface area contributed by atoms with Gasteiger partial charge in [0.15, 0.2) is 0 Å². The summed E-state index contributed by atoms with van der Waals surface area (Å²) in [5, 5.41) is 9.26. The summed E-state index contributed by atoms with van der Waals surface area (Å²) in [6.45, 7) is 4.32. The number of halogens is 1. The molecule has 0 aromatic heterocycles. The predicted molar refractivity (Wildman–Crippen MR) is 189 cm³/mol. The summed E-state index contributed by atoms with van der Waals surface area (Å²) in [7, 11) is -7.85. The third kappa shape index (κ3) is 6.73. The molecule has 4 aromatic carbocycles. The van der Waals surface area contributed by atoms with E-state index in [0.717, 1.165) is 25.8 Å². The lowest BCUT2D eigenvalue weighted by Crippen LogP contribution is -2.69. The number of nitrogens with zero attached hydrogens (tertiary/aromatic N) is 5. The van der Waals surface area contributed by atoms with Crippen molar-refractivity contribution in [3.63, 3.8) is 0 Å². The van der Waals surface area contributed by atoms with Crippen molar-refractivity contribution < 1.29 is 16.8 Å². The Kier molecular flexibility index (Phi) is 9.29. The Hall–Kier alpha value is -3.27. The normalized spacial score (nSPS) is 21.5. The fourth-order valence-electron chi connectivity index (χ4n) is 6.02. The van der Waals surface area contributed by atoms with Crippen LogP contribution in [0.3, 0.4) is 0 Å². The third-order valence-corrected chi connectivity index (χ3v) is 12.5. The number of benzene rings is 4. The van der Waals surface area contributed by atoms with Crippen LogP contribution in [0.4, 0.5) is 0 Å². The number of aryl methyl sites for hydroxylation is 2. The van der Waals surface area contributed by atoms with Gasteiger partial charge in [-0.15, -0.1) is 0 Å². The van der Waals surface area contributed by atoms with Gasteiger partial charge in [0.25, 0.3) is 0 Å². The van der Waals surface area contributed by atoms with Gasteiger partial charge in [0, 0.05) is 23.2 Å². The first-order chi connectivity index (χ1) is 22.0. The van der Waals surface area contributed by atoms with Gasteiger partial charge in [-0.3, -0.25) is 4.90 Å². The highest BCUT2D eigenvalue weighted by Gasteiger charge is 2.53. The van der Waals surface area contributed by atoms with Crippen LogP contribution in [0.25, 0.3) is 0 Å². The first-order valence-electron chi connectivity index (χ1n) is 14.7. The highest BCUT2D eigenvalue weighted by molar-refractivity contribution is 14.1. The second-order valence-corrected chi connectivity index (χ2v) is 17.0. The molecule has 46 heavy (non-hydrogen) atoms. The quantitative estimate of drug-likeness (QED) is 0.137. The second-order valence-electron chi connectivity index (χ2n) is 11.9. The minimum Gasteiger partial charge on any atom is -0.274 e. The molecule has 0 unspecified atom stereocenters. The summed E-state index contributed by atoms with van der Waals surface area (Å²) in [4.78, 5) is 2.24. The summed E-state index contributed by atoms with van der Waals surface area (Å²) in [5.74, 6) is 0.